The number of nitrogens with zero attached hydrogens (tertiary/aromatic N) is 3. The Labute approximate surface area is 148 Å². The zero-order valence-corrected chi connectivity index (χ0v) is 13.8. The van der Waals surface area contributed by atoms with Gasteiger partial charge < -0.3 is 10.1 Å². The Kier molecular flexibility index (Phi) is 3.93. The second-order valence-electron chi connectivity index (χ2n) is 6.03. The fraction of sp³-hybridized carbons (Fsp3) is 0.0500. The van der Waals surface area contributed by atoms with Gasteiger partial charge in [-0.15, -0.1) is 0 Å². The second kappa shape index (κ2) is 6.40. The lowest BCUT2D eigenvalue weighted by Crippen LogP contribution is -2.11. The molecule has 2 N–H and O–H groups in total. The van der Waals surface area contributed by atoms with E-state index in [4.69, 9.17) is 5.73 Å². The summed E-state index contributed by atoms with van der Waals surface area (Å²) in [4.78, 5) is 20.2. The molecule has 26 heavy (non-hydrogen) atoms. The van der Waals surface area contributed by atoms with Gasteiger partial charge in [-0.2, -0.15) is 0 Å². The first-order valence-electron chi connectivity index (χ1n) is 8.07. The highest BCUT2D eigenvalue weighted by atomic mass is 19.1. The Balaban J connectivity index is 1.60. The molecule has 0 aliphatic rings. The summed E-state index contributed by atoms with van der Waals surface area (Å²) in [5.41, 5.74) is 9.72. The van der Waals surface area contributed by atoms with Crippen molar-refractivity contribution in [2.24, 2.45) is 5.73 Å². The third-order valence-electron chi connectivity index (χ3n) is 4.12. The van der Waals surface area contributed by atoms with Crippen molar-refractivity contribution in [3.63, 3.8) is 0 Å². The number of nitrogens with two attached hydrogens (primary N) is 1. The van der Waals surface area contributed by atoms with Crippen LogP contribution in [-0.4, -0.2) is 20.3 Å². The first-order chi connectivity index (χ1) is 12.6. The summed E-state index contributed by atoms with van der Waals surface area (Å²) < 4.78 is 15.0. The maximum Gasteiger partial charge on any atom is 0.250 e. The average molecular weight is 346 g/mol. The van der Waals surface area contributed by atoms with Crippen molar-refractivity contribution in [2.75, 3.05) is 0 Å². The van der Waals surface area contributed by atoms with E-state index in [-0.39, 0.29) is 5.82 Å². The van der Waals surface area contributed by atoms with Gasteiger partial charge in [-0.05, 0) is 47.9 Å². The number of hydrogen-bond donors (Lipinski definition) is 1. The van der Waals surface area contributed by atoms with Crippen LogP contribution in [-0.2, 0) is 6.42 Å². The van der Waals surface area contributed by atoms with Crippen LogP contribution in [0.4, 0.5) is 4.39 Å². The highest BCUT2D eigenvalue weighted by Gasteiger charge is 2.08. The summed E-state index contributed by atoms with van der Waals surface area (Å²) in [6.45, 7) is 0. The number of hydrogen-bond acceptors (Lipinski definition) is 3. The smallest absolute Gasteiger partial charge is 0.250 e. The van der Waals surface area contributed by atoms with Gasteiger partial charge in [-0.3, -0.25) is 9.78 Å². The minimum Gasteiger partial charge on any atom is -0.366 e. The number of carbonyl (C=O) groups is 1. The molecule has 0 spiro atoms. The first kappa shape index (κ1) is 16.0. The topological polar surface area (TPSA) is 73.3 Å². The fourth-order valence-corrected chi connectivity index (χ4v) is 2.82. The molecule has 0 unspecified atom stereocenters. The van der Waals surface area contributed by atoms with Crippen molar-refractivity contribution in [3.8, 4) is 11.4 Å². The molecule has 0 radical (unpaired) electrons. The molecular weight excluding hydrogens is 331 g/mol. The summed E-state index contributed by atoms with van der Waals surface area (Å²) in [6, 6.07) is 13.7. The van der Waals surface area contributed by atoms with Crippen molar-refractivity contribution < 1.29 is 9.18 Å². The largest absolute Gasteiger partial charge is 0.366 e. The molecule has 0 saturated heterocycles. The zero-order valence-electron chi connectivity index (χ0n) is 13.8. The first-order valence-corrected chi connectivity index (χ1v) is 8.07. The number of imidazole rings is 1. The summed E-state index contributed by atoms with van der Waals surface area (Å²) >= 11 is 0. The van der Waals surface area contributed by atoms with Crippen LogP contribution in [0, 0.1) is 5.82 Å². The van der Waals surface area contributed by atoms with Crippen molar-refractivity contribution in [1.82, 2.24) is 14.4 Å². The minimum atomic E-state index is -0.484. The number of carbonyl (C=O) groups excluding carboxylic acids is 1. The van der Waals surface area contributed by atoms with Gasteiger partial charge in [0.05, 0.1) is 11.3 Å². The molecule has 5 nitrogen and oxygen atoms in total. The molecule has 4 aromatic rings. The molecule has 0 saturated carbocycles. The standard InChI is InChI=1S/C20H15FN4O/c21-16-3-1-2-13(9-16)8-14-4-6-17(23-10-14)18-12-25-11-15(20(22)26)5-7-19(25)24-18/h1-7,9-12H,8H2,(H2,22,26). The van der Waals surface area contributed by atoms with Crippen molar-refractivity contribution >= 4 is 11.6 Å². The third kappa shape index (κ3) is 3.17. The highest BCUT2D eigenvalue weighted by molar-refractivity contribution is 5.92. The Morgan fingerprint density at radius 1 is 1.04 bits per heavy atom. The van der Waals surface area contributed by atoms with Gasteiger partial charge in [0.25, 0.3) is 0 Å². The zero-order chi connectivity index (χ0) is 18.1. The van der Waals surface area contributed by atoms with Gasteiger partial charge in [-0.25, -0.2) is 9.37 Å². The molecule has 1 amide bonds. The lowest BCUT2D eigenvalue weighted by atomic mass is 10.1. The van der Waals surface area contributed by atoms with Crippen LogP contribution in [0.25, 0.3) is 17.0 Å². The number of benzene rings is 1. The van der Waals surface area contributed by atoms with Crippen LogP contribution in [0.5, 0.6) is 0 Å². The highest BCUT2D eigenvalue weighted by Crippen LogP contribution is 2.19. The van der Waals surface area contributed by atoms with Gasteiger partial charge in [0.2, 0.25) is 5.91 Å². The minimum absolute atomic E-state index is 0.243. The number of fused-ring (bicyclic) bond motifs is 1. The van der Waals surface area contributed by atoms with E-state index < -0.39 is 5.91 Å². The van der Waals surface area contributed by atoms with Crippen LogP contribution in [0.15, 0.2) is 67.1 Å². The molecule has 128 valence electrons. The number of pyridine rings is 2. The van der Waals surface area contributed by atoms with Crippen molar-refractivity contribution in [3.05, 3.63) is 89.6 Å². The van der Waals surface area contributed by atoms with Gasteiger partial charge in [-0.1, -0.05) is 18.2 Å². The number of halogens is 1. The Morgan fingerprint density at radius 3 is 2.65 bits per heavy atom. The van der Waals surface area contributed by atoms with Crippen LogP contribution in [0.3, 0.4) is 0 Å². The monoisotopic (exact) mass is 346 g/mol. The van der Waals surface area contributed by atoms with Crippen LogP contribution in [0.2, 0.25) is 0 Å². The van der Waals surface area contributed by atoms with E-state index >= 15 is 0 Å². The molecular formula is C20H15FN4O. The molecule has 6 heteroatoms. The maximum absolute atomic E-state index is 13.3. The SMILES string of the molecule is NC(=O)c1ccc2nc(-c3ccc(Cc4cccc(F)c4)cn3)cn2c1. The lowest BCUT2D eigenvalue weighted by Gasteiger charge is -2.03. The number of rotatable bonds is 4. The van der Waals surface area contributed by atoms with Gasteiger partial charge in [0.1, 0.15) is 17.2 Å². The van der Waals surface area contributed by atoms with E-state index in [1.165, 1.54) is 12.1 Å². The van der Waals surface area contributed by atoms with Crippen LogP contribution in [0.1, 0.15) is 21.5 Å². The summed E-state index contributed by atoms with van der Waals surface area (Å²) in [5.74, 6) is -0.728. The molecule has 0 aliphatic heterocycles. The van der Waals surface area contributed by atoms with E-state index in [0.717, 1.165) is 16.8 Å². The van der Waals surface area contributed by atoms with Crippen molar-refractivity contribution in [2.45, 2.75) is 6.42 Å². The average Bonchev–Trinajstić information content (AvgIpc) is 3.05. The van der Waals surface area contributed by atoms with E-state index in [2.05, 4.69) is 9.97 Å². The normalized spacial score (nSPS) is 11.0. The third-order valence-corrected chi connectivity index (χ3v) is 4.12. The van der Waals surface area contributed by atoms with Gasteiger partial charge >= 0.3 is 0 Å². The summed E-state index contributed by atoms with van der Waals surface area (Å²) in [6.07, 6.45) is 5.82. The molecule has 4 rings (SSSR count). The predicted octanol–water partition coefficient (Wildman–Crippen LogP) is 3.23. The summed E-state index contributed by atoms with van der Waals surface area (Å²) in [5, 5.41) is 0. The van der Waals surface area contributed by atoms with E-state index in [1.54, 1.807) is 41.2 Å². The Bertz CT molecular complexity index is 1100. The Hall–Kier alpha value is -3.54. The predicted molar refractivity (Wildman–Crippen MR) is 96.1 cm³/mol. The molecule has 3 aromatic heterocycles. The second-order valence-corrected chi connectivity index (χ2v) is 6.03. The number of aromatic nitrogens is 3. The molecule has 0 aliphatic carbocycles. The lowest BCUT2D eigenvalue weighted by molar-refractivity contribution is 0.1000. The van der Waals surface area contributed by atoms with Gasteiger partial charge in [0, 0.05) is 18.6 Å². The number of amides is 1. The summed E-state index contributed by atoms with van der Waals surface area (Å²) in [7, 11) is 0. The van der Waals surface area contributed by atoms with Crippen LogP contribution >= 0.6 is 0 Å². The van der Waals surface area contributed by atoms with E-state index in [9.17, 15) is 9.18 Å². The number of primary amides is 1. The molecule has 1 aromatic carbocycles. The maximum atomic E-state index is 13.3. The van der Waals surface area contributed by atoms with E-state index in [0.29, 0.717) is 23.3 Å². The molecule has 0 bridgehead atoms. The van der Waals surface area contributed by atoms with Crippen LogP contribution < -0.4 is 5.73 Å². The molecule has 0 fully saturated rings. The fourth-order valence-electron chi connectivity index (χ4n) is 2.82. The van der Waals surface area contributed by atoms with Crippen molar-refractivity contribution in [1.29, 1.82) is 0 Å². The van der Waals surface area contributed by atoms with E-state index in [1.807, 2.05) is 18.2 Å². The Morgan fingerprint density at radius 2 is 1.92 bits per heavy atom. The van der Waals surface area contributed by atoms with Gasteiger partial charge in [0.15, 0.2) is 0 Å². The molecule has 0 atom stereocenters. The molecule has 3 heterocycles. The quantitative estimate of drug-likeness (QED) is 0.616.